The Balaban J connectivity index is 1.79. The molecule has 25 heavy (non-hydrogen) atoms. The standard InChI is InChI=1S/C18H20N4O3/c1-11-7-8-13-5-3-4-6-14(13)22(11)17(23)12(2)25-18(24)15-16(19)21-10-9-20-15/h3-6,9-12H,7-8H2,1-2H3,(H2,19,21)/t11-,12-/m1/s1. The molecule has 1 aromatic heterocycles. The summed E-state index contributed by atoms with van der Waals surface area (Å²) in [5.74, 6) is -1.05. The third-order valence-corrected chi connectivity index (χ3v) is 4.31. The number of benzene rings is 1. The molecule has 0 aliphatic carbocycles. The van der Waals surface area contributed by atoms with E-state index in [0.29, 0.717) is 0 Å². The van der Waals surface area contributed by atoms with Crippen molar-refractivity contribution in [2.75, 3.05) is 10.6 Å². The van der Waals surface area contributed by atoms with Gasteiger partial charge in [0, 0.05) is 24.1 Å². The van der Waals surface area contributed by atoms with Gasteiger partial charge in [-0.05, 0) is 38.3 Å². The van der Waals surface area contributed by atoms with Crippen LogP contribution in [0.25, 0.3) is 0 Å². The lowest BCUT2D eigenvalue weighted by Crippen LogP contribution is -2.47. The van der Waals surface area contributed by atoms with E-state index in [0.717, 1.165) is 24.1 Å². The molecular formula is C18H20N4O3. The van der Waals surface area contributed by atoms with Crippen LogP contribution in [0.1, 0.15) is 36.3 Å². The molecule has 1 aliphatic heterocycles. The van der Waals surface area contributed by atoms with E-state index in [-0.39, 0.29) is 23.5 Å². The number of carbonyl (C=O) groups is 2. The van der Waals surface area contributed by atoms with Gasteiger partial charge in [-0.1, -0.05) is 18.2 Å². The van der Waals surface area contributed by atoms with Gasteiger partial charge in [-0.3, -0.25) is 4.79 Å². The number of hydrogen-bond acceptors (Lipinski definition) is 6. The number of aromatic nitrogens is 2. The maximum atomic E-state index is 12.9. The Morgan fingerprint density at radius 1 is 1.28 bits per heavy atom. The van der Waals surface area contributed by atoms with E-state index >= 15 is 0 Å². The van der Waals surface area contributed by atoms with Crippen LogP contribution in [0.3, 0.4) is 0 Å². The van der Waals surface area contributed by atoms with Gasteiger partial charge in [0.15, 0.2) is 17.6 Å². The maximum Gasteiger partial charge on any atom is 0.361 e. The number of amides is 1. The molecule has 7 heteroatoms. The van der Waals surface area contributed by atoms with Gasteiger partial charge in [0.1, 0.15) is 0 Å². The molecule has 130 valence electrons. The lowest BCUT2D eigenvalue weighted by Gasteiger charge is -2.36. The second kappa shape index (κ2) is 6.88. The van der Waals surface area contributed by atoms with Crippen molar-refractivity contribution in [1.82, 2.24) is 9.97 Å². The average molecular weight is 340 g/mol. The highest BCUT2D eigenvalue weighted by Gasteiger charge is 2.33. The predicted octanol–water partition coefficient (Wildman–Crippen LogP) is 1.97. The number of nitrogen functional groups attached to an aromatic ring is 1. The number of aryl methyl sites for hydroxylation is 1. The number of para-hydroxylation sites is 1. The van der Waals surface area contributed by atoms with E-state index in [9.17, 15) is 9.59 Å². The Hall–Kier alpha value is -2.96. The molecule has 1 aliphatic rings. The van der Waals surface area contributed by atoms with Crippen molar-refractivity contribution in [2.45, 2.75) is 38.8 Å². The van der Waals surface area contributed by atoms with Crippen LogP contribution in [-0.2, 0) is 16.0 Å². The fourth-order valence-corrected chi connectivity index (χ4v) is 2.99. The van der Waals surface area contributed by atoms with Crippen molar-refractivity contribution >= 4 is 23.4 Å². The van der Waals surface area contributed by atoms with E-state index in [1.54, 1.807) is 11.8 Å². The second-order valence-electron chi connectivity index (χ2n) is 6.06. The quantitative estimate of drug-likeness (QED) is 0.858. The molecule has 0 spiro atoms. The number of fused-ring (bicyclic) bond motifs is 1. The SMILES string of the molecule is C[C@@H]1CCc2ccccc2N1C(=O)[C@@H](C)OC(=O)c1nccnc1N. The fourth-order valence-electron chi connectivity index (χ4n) is 2.99. The van der Waals surface area contributed by atoms with Crippen LogP contribution < -0.4 is 10.6 Å². The number of carbonyl (C=O) groups excluding carboxylic acids is 2. The lowest BCUT2D eigenvalue weighted by atomic mass is 9.96. The fraction of sp³-hybridized carbons (Fsp3) is 0.333. The first-order chi connectivity index (χ1) is 12.0. The summed E-state index contributed by atoms with van der Waals surface area (Å²) < 4.78 is 5.28. The number of ether oxygens (including phenoxy) is 1. The molecule has 0 bridgehead atoms. The molecule has 2 atom stereocenters. The normalized spacial score (nSPS) is 17.5. The molecule has 7 nitrogen and oxygen atoms in total. The zero-order valence-corrected chi connectivity index (χ0v) is 14.2. The van der Waals surface area contributed by atoms with Crippen molar-refractivity contribution in [3.05, 3.63) is 47.9 Å². The summed E-state index contributed by atoms with van der Waals surface area (Å²) in [4.78, 5) is 34.5. The van der Waals surface area contributed by atoms with Crippen LogP contribution in [0.15, 0.2) is 36.7 Å². The molecule has 2 N–H and O–H groups in total. The Bertz CT molecular complexity index is 808. The van der Waals surface area contributed by atoms with Crippen LogP contribution in [-0.4, -0.2) is 34.0 Å². The van der Waals surface area contributed by atoms with Crippen LogP contribution in [0.5, 0.6) is 0 Å². The molecular weight excluding hydrogens is 320 g/mol. The van der Waals surface area contributed by atoms with E-state index in [4.69, 9.17) is 10.5 Å². The van der Waals surface area contributed by atoms with Crippen LogP contribution >= 0.6 is 0 Å². The van der Waals surface area contributed by atoms with Gasteiger partial charge in [0.05, 0.1) is 0 Å². The monoisotopic (exact) mass is 340 g/mol. The Morgan fingerprint density at radius 3 is 2.76 bits per heavy atom. The number of esters is 1. The number of rotatable bonds is 3. The highest BCUT2D eigenvalue weighted by atomic mass is 16.5. The predicted molar refractivity (Wildman–Crippen MR) is 93.0 cm³/mol. The summed E-state index contributed by atoms with van der Waals surface area (Å²) >= 11 is 0. The summed E-state index contributed by atoms with van der Waals surface area (Å²) in [6, 6.07) is 7.81. The number of nitrogens with two attached hydrogens (primary N) is 1. The van der Waals surface area contributed by atoms with Gasteiger partial charge in [0.2, 0.25) is 0 Å². The maximum absolute atomic E-state index is 12.9. The summed E-state index contributed by atoms with van der Waals surface area (Å²) in [5.41, 5.74) is 7.53. The summed E-state index contributed by atoms with van der Waals surface area (Å²) in [6.45, 7) is 3.54. The smallest absolute Gasteiger partial charge is 0.361 e. The number of hydrogen-bond donors (Lipinski definition) is 1. The van der Waals surface area contributed by atoms with Crippen LogP contribution in [0, 0.1) is 0 Å². The zero-order valence-electron chi connectivity index (χ0n) is 14.2. The van der Waals surface area contributed by atoms with E-state index in [1.807, 2.05) is 31.2 Å². The first-order valence-corrected chi connectivity index (χ1v) is 8.17. The van der Waals surface area contributed by atoms with Gasteiger partial charge >= 0.3 is 5.97 Å². The molecule has 3 rings (SSSR count). The zero-order chi connectivity index (χ0) is 18.0. The Kier molecular flexibility index (Phi) is 4.65. The third kappa shape index (κ3) is 3.31. The molecule has 0 saturated carbocycles. The summed E-state index contributed by atoms with van der Waals surface area (Å²) in [7, 11) is 0. The summed E-state index contributed by atoms with van der Waals surface area (Å²) in [5, 5.41) is 0. The van der Waals surface area contributed by atoms with Crippen molar-refractivity contribution < 1.29 is 14.3 Å². The minimum Gasteiger partial charge on any atom is -0.448 e. The summed E-state index contributed by atoms with van der Waals surface area (Å²) in [6.07, 6.45) is 3.56. The Morgan fingerprint density at radius 2 is 2.00 bits per heavy atom. The molecule has 2 aromatic rings. The lowest BCUT2D eigenvalue weighted by molar-refractivity contribution is -0.127. The highest BCUT2D eigenvalue weighted by molar-refractivity contribution is 6.00. The van der Waals surface area contributed by atoms with Gasteiger partial charge in [-0.2, -0.15) is 0 Å². The van der Waals surface area contributed by atoms with Crippen LogP contribution in [0.4, 0.5) is 11.5 Å². The number of nitrogens with zero attached hydrogens (tertiary/aromatic N) is 3. The third-order valence-electron chi connectivity index (χ3n) is 4.31. The van der Waals surface area contributed by atoms with Gasteiger partial charge in [0.25, 0.3) is 5.91 Å². The van der Waals surface area contributed by atoms with Gasteiger partial charge in [-0.15, -0.1) is 0 Å². The first-order valence-electron chi connectivity index (χ1n) is 8.17. The highest BCUT2D eigenvalue weighted by Crippen LogP contribution is 2.31. The number of anilines is 2. The molecule has 1 aromatic carbocycles. The van der Waals surface area contributed by atoms with E-state index in [1.165, 1.54) is 12.4 Å². The Labute approximate surface area is 145 Å². The second-order valence-corrected chi connectivity index (χ2v) is 6.06. The molecule has 1 amide bonds. The van der Waals surface area contributed by atoms with Crippen LogP contribution in [0.2, 0.25) is 0 Å². The van der Waals surface area contributed by atoms with Gasteiger partial charge in [-0.25, -0.2) is 14.8 Å². The molecule has 2 heterocycles. The average Bonchev–Trinajstić information content (AvgIpc) is 2.61. The first kappa shape index (κ1) is 16.9. The minimum absolute atomic E-state index is 0.0242. The minimum atomic E-state index is -0.956. The van der Waals surface area contributed by atoms with Crippen molar-refractivity contribution in [3.63, 3.8) is 0 Å². The topological polar surface area (TPSA) is 98.4 Å². The van der Waals surface area contributed by atoms with Crippen molar-refractivity contribution in [2.24, 2.45) is 0 Å². The van der Waals surface area contributed by atoms with E-state index in [2.05, 4.69) is 9.97 Å². The van der Waals surface area contributed by atoms with Crippen molar-refractivity contribution in [3.8, 4) is 0 Å². The van der Waals surface area contributed by atoms with Gasteiger partial charge < -0.3 is 15.4 Å². The van der Waals surface area contributed by atoms with E-state index < -0.39 is 12.1 Å². The molecule has 0 radical (unpaired) electrons. The largest absolute Gasteiger partial charge is 0.448 e. The molecule has 0 unspecified atom stereocenters. The molecule has 0 fully saturated rings. The molecule has 0 saturated heterocycles. The van der Waals surface area contributed by atoms with Crippen molar-refractivity contribution in [1.29, 1.82) is 0 Å².